The van der Waals surface area contributed by atoms with E-state index in [1.54, 1.807) is 6.07 Å². The van der Waals surface area contributed by atoms with Crippen LogP contribution in [0.3, 0.4) is 0 Å². The third-order valence-corrected chi connectivity index (χ3v) is 3.14. The summed E-state index contributed by atoms with van der Waals surface area (Å²) < 4.78 is 39.1. The Hall–Kier alpha value is -2.91. The van der Waals surface area contributed by atoms with E-state index in [9.17, 15) is 13.2 Å². The molecule has 2 N–H and O–H groups in total. The van der Waals surface area contributed by atoms with Gasteiger partial charge in [0.15, 0.2) is 5.65 Å². The van der Waals surface area contributed by atoms with Gasteiger partial charge in [-0.15, -0.1) is 15.3 Å². The van der Waals surface area contributed by atoms with Crippen LogP contribution < -0.4 is 10.6 Å². The molecule has 0 spiro atoms. The maximum Gasteiger partial charge on any atom is 0.453 e. The largest absolute Gasteiger partial charge is 0.453 e. The van der Waals surface area contributed by atoms with E-state index < -0.39 is 12.0 Å². The molecular weight excluding hydrogens is 323 g/mol. The third kappa shape index (κ3) is 3.53. The van der Waals surface area contributed by atoms with Crippen LogP contribution in [0.4, 0.5) is 24.8 Å². The average Bonchev–Trinajstić information content (AvgIpc) is 2.95. The van der Waals surface area contributed by atoms with Crippen LogP contribution in [0.25, 0.3) is 5.65 Å². The van der Waals surface area contributed by atoms with Crippen molar-refractivity contribution in [3.05, 3.63) is 41.9 Å². The number of pyridine rings is 1. The second-order valence-electron chi connectivity index (χ2n) is 5.03. The van der Waals surface area contributed by atoms with E-state index in [1.807, 2.05) is 25.1 Å². The van der Waals surface area contributed by atoms with Crippen LogP contribution >= 0.6 is 0 Å². The Morgan fingerprint density at radius 3 is 2.46 bits per heavy atom. The highest BCUT2D eigenvalue weighted by Crippen LogP contribution is 2.27. The number of aryl methyl sites for hydroxylation is 1. The van der Waals surface area contributed by atoms with Gasteiger partial charge in [-0.2, -0.15) is 17.7 Å². The van der Waals surface area contributed by atoms with E-state index in [1.165, 1.54) is 6.07 Å². The van der Waals surface area contributed by atoms with Crippen LogP contribution in [0.2, 0.25) is 0 Å². The van der Waals surface area contributed by atoms with E-state index in [4.69, 9.17) is 0 Å². The van der Waals surface area contributed by atoms with Crippen molar-refractivity contribution >= 4 is 17.3 Å². The topological polar surface area (TPSA) is 80.0 Å². The number of nitrogens with zero attached hydrogens (tertiary/aromatic N) is 5. The molecule has 10 heteroatoms. The van der Waals surface area contributed by atoms with Crippen LogP contribution in [0.1, 0.15) is 11.5 Å². The molecule has 0 amide bonds. The Balaban J connectivity index is 1.63. The molecule has 3 aromatic rings. The summed E-state index contributed by atoms with van der Waals surface area (Å²) in [6.45, 7) is 2.88. The van der Waals surface area contributed by atoms with E-state index in [0.29, 0.717) is 23.4 Å². The Bertz CT molecular complexity index is 844. The second kappa shape index (κ2) is 6.30. The fourth-order valence-electron chi connectivity index (χ4n) is 2.08. The van der Waals surface area contributed by atoms with Crippen LogP contribution in [-0.2, 0) is 6.18 Å². The lowest BCUT2D eigenvalue weighted by molar-refractivity contribution is -0.146. The fourth-order valence-corrected chi connectivity index (χ4v) is 2.08. The molecule has 7 nitrogen and oxygen atoms in total. The zero-order valence-electron chi connectivity index (χ0n) is 12.7. The minimum Gasteiger partial charge on any atom is -0.368 e. The number of hydrogen-bond donors (Lipinski definition) is 2. The Morgan fingerprint density at radius 2 is 1.75 bits per heavy atom. The minimum absolute atomic E-state index is 0.0370. The van der Waals surface area contributed by atoms with Crippen LogP contribution in [0, 0.1) is 6.92 Å². The van der Waals surface area contributed by atoms with Crippen molar-refractivity contribution in [3.63, 3.8) is 0 Å². The summed E-state index contributed by atoms with van der Waals surface area (Å²) in [5.74, 6) is -0.117. The van der Waals surface area contributed by atoms with E-state index in [2.05, 4.69) is 30.9 Å². The zero-order valence-corrected chi connectivity index (χ0v) is 12.7. The van der Waals surface area contributed by atoms with Gasteiger partial charge in [0, 0.05) is 18.8 Å². The Labute approximate surface area is 134 Å². The fraction of sp³-hybridized carbons (Fsp3) is 0.286. The molecular formula is C14H14F3N7. The summed E-state index contributed by atoms with van der Waals surface area (Å²) in [7, 11) is 0. The number of rotatable bonds is 5. The average molecular weight is 337 g/mol. The molecule has 0 aliphatic heterocycles. The van der Waals surface area contributed by atoms with Crippen molar-refractivity contribution in [3.8, 4) is 0 Å². The van der Waals surface area contributed by atoms with Crippen molar-refractivity contribution in [2.75, 3.05) is 23.7 Å². The first-order valence-corrected chi connectivity index (χ1v) is 7.14. The van der Waals surface area contributed by atoms with Crippen LogP contribution in [0.5, 0.6) is 0 Å². The molecule has 0 saturated heterocycles. The highest BCUT2D eigenvalue weighted by Gasteiger charge is 2.37. The molecule has 3 heterocycles. The number of hydrogen-bond acceptors (Lipinski definition) is 6. The summed E-state index contributed by atoms with van der Waals surface area (Å²) in [6, 6.07) is 8.59. The van der Waals surface area contributed by atoms with Gasteiger partial charge in [-0.1, -0.05) is 6.07 Å². The molecule has 0 atom stereocenters. The molecule has 0 aromatic carbocycles. The predicted octanol–water partition coefficient (Wildman–Crippen LogP) is 2.37. The standard InChI is InChI=1S/C14H14F3N7/c1-9-3-2-4-10(20-9)18-7-8-19-11-5-6-12-21-22-13(14(15,16)17)24(12)23-11/h2-6H,7-8H2,1H3,(H,18,20)(H,19,23). The van der Waals surface area contributed by atoms with Crippen molar-refractivity contribution in [2.24, 2.45) is 0 Å². The smallest absolute Gasteiger partial charge is 0.368 e. The molecule has 0 aliphatic carbocycles. The number of nitrogens with one attached hydrogen (secondary N) is 2. The van der Waals surface area contributed by atoms with Crippen molar-refractivity contribution in [1.29, 1.82) is 0 Å². The molecule has 3 rings (SSSR count). The minimum atomic E-state index is -4.61. The van der Waals surface area contributed by atoms with Crippen molar-refractivity contribution in [1.82, 2.24) is 24.8 Å². The molecule has 0 saturated carbocycles. The first kappa shape index (κ1) is 16.0. The number of aromatic nitrogens is 5. The monoisotopic (exact) mass is 337 g/mol. The van der Waals surface area contributed by atoms with Gasteiger partial charge in [0.25, 0.3) is 5.82 Å². The van der Waals surface area contributed by atoms with E-state index in [0.717, 1.165) is 11.5 Å². The summed E-state index contributed by atoms with van der Waals surface area (Å²) in [5.41, 5.74) is 0.933. The normalized spacial score (nSPS) is 11.7. The molecule has 126 valence electrons. The number of halogens is 3. The number of anilines is 2. The van der Waals surface area contributed by atoms with E-state index >= 15 is 0 Å². The van der Waals surface area contributed by atoms with Crippen molar-refractivity contribution < 1.29 is 13.2 Å². The van der Waals surface area contributed by atoms with Gasteiger partial charge in [-0.3, -0.25) is 0 Å². The molecule has 24 heavy (non-hydrogen) atoms. The quantitative estimate of drug-likeness (QED) is 0.696. The summed E-state index contributed by atoms with van der Waals surface area (Å²) in [5, 5.41) is 16.5. The zero-order chi connectivity index (χ0) is 17.2. The summed E-state index contributed by atoms with van der Waals surface area (Å²) >= 11 is 0. The lowest BCUT2D eigenvalue weighted by Gasteiger charge is -2.09. The summed E-state index contributed by atoms with van der Waals surface area (Å²) in [4.78, 5) is 4.29. The first-order chi connectivity index (χ1) is 11.4. The Morgan fingerprint density at radius 1 is 1.00 bits per heavy atom. The number of alkyl halides is 3. The van der Waals surface area contributed by atoms with Crippen LogP contribution in [0.15, 0.2) is 30.3 Å². The summed E-state index contributed by atoms with van der Waals surface area (Å²) in [6.07, 6.45) is -4.61. The van der Waals surface area contributed by atoms with Crippen molar-refractivity contribution in [2.45, 2.75) is 13.1 Å². The van der Waals surface area contributed by atoms with Crippen LogP contribution in [-0.4, -0.2) is 37.9 Å². The lowest BCUT2D eigenvalue weighted by atomic mass is 10.4. The van der Waals surface area contributed by atoms with Gasteiger partial charge in [-0.05, 0) is 31.2 Å². The van der Waals surface area contributed by atoms with Gasteiger partial charge >= 0.3 is 6.18 Å². The maximum atomic E-state index is 12.8. The number of fused-ring (bicyclic) bond motifs is 1. The van der Waals surface area contributed by atoms with E-state index in [-0.39, 0.29) is 5.65 Å². The SMILES string of the molecule is Cc1cccc(NCCNc2ccc3nnc(C(F)(F)F)n3n2)n1. The Kier molecular flexibility index (Phi) is 4.19. The van der Waals surface area contributed by atoms with Gasteiger partial charge < -0.3 is 10.6 Å². The highest BCUT2D eigenvalue weighted by atomic mass is 19.4. The molecule has 0 unspecified atom stereocenters. The molecule has 0 fully saturated rings. The lowest BCUT2D eigenvalue weighted by Crippen LogP contribution is -2.17. The van der Waals surface area contributed by atoms with Gasteiger partial charge in [0.05, 0.1) is 0 Å². The second-order valence-corrected chi connectivity index (χ2v) is 5.03. The molecule has 3 aromatic heterocycles. The molecule has 0 bridgehead atoms. The first-order valence-electron chi connectivity index (χ1n) is 7.14. The highest BCUT2D eigenvalue weighted by molar-refractivity contribution is 5.44. The molecule has 0 aliphatic rings. The van der Waals surface area contributed by atoms with Gasteiger partial charge in [0.1, 0.15) is 11.6 Å². The third-order valence-electron chi connectivity index (χ3n) is 3.14. The maximum absolute atomic E-state index is 12.8. The van der Waals surface area contributed by atoms with Gasteiger partial charge in [-0.25, -0.2) is 4.98 Å². The van der Waals surface area contributed by atoms with Gasteiger partial charge in [0.2, 0.25) is 0 Å². The predicted molar refractivity (Wildman–Crippen MR) is 81.7 cm³/mol. The molecule has 0 radical (unpaired) electrons.